The first-order chi connectivity index (χ1) is 11.9. The maximum absolute atomic E-state index is 12.8. The lowest BCUT2D eigenvalue weighted by Crippen LogP contribution is -2.37. The SMILES string of the molecule is O=C(CN1C(=O)c2cccc([N+](=O)[O-])c2C1=O)Nc1ccc(F)cc1. The van der Waals surface area contributed by atoms with E-state index in [0.29, 0.717) is 4.90 Å². The number of halogens is 1. The maximum atomic E-state index is 12.8. The molecule has 9 heteroatoms. The van der Waals surface area contributed by atoms with Crippen LogP contribution in [0.5, 0.6) is 0 Å². The number of rotatable bonds is 4. The Morgan fingerprint density at radius 3 is 2.44 bits per heavy atom. The van der Waals surface area contributed by atoms with Crippen molar-refractivity contribution in [3.8, 4) is 0 Å². The molecule has 2 aromatic carbocycles. The standard InChI is InChI=1S/C16H10FN3O5/c17-9-4-6-10(7-5-9)18-13(21)8-19-15(22)11-2-1-3-12(20(24)25)14(11)16(19)23/h1-7H,8H2,(H,18,21). The highest BCUT2D eigenvalue weighted by atomic mass is 19.1. The van der Waals surface area contributed by atoms with Crippen LogP contribution in [0.1, 0.15) is 20.7 Å². The van der Waals surface area contributed by atoms with Crippen molar-refractivity contribution in [1.29, 1.82) is 0 Å². The Hall–Kier alpha value is -3.62. The van der Waals surface area contributed by atoms with Crippen LogP contribution >= 0.6 is 0 Å². The number of hydrogen-bond donors (Lipinski definition) is 1. The fourth-order valence-corrected chi connectivity index (χ4v) is 2.49. The normalized spacial score (nSPS) is 12.9. The topological polar surface area (TPSA) is 110 Å². The first-order valence-electron chi connectivity index (χ1n) is 7.07. The quantitative estimate of drug-likeness (QED) is 0.518. The molecular weight excluding hydrogens is 333 g/mol. The molecule has 0 atom stereocenters. The van der Waals surface area contributed by atoms with E-state index in [0.717, 1.165) is 18.2 Å². The number of benzene rings is 2. The number of nitro benzene ring substituents is 1. The van der Waals surface area contributed by atoms with Crippen molar-refractivity contribution in [2.75, 3.05) is 11.9 Å². The van der Waals surface area contributed by atoms with Gasteiger partial charge in [0.2, 0.25) is 5.91 Å². The third-order valence-corrected chi connectivity index (χ3v) is 3.60. The van der Waals surface area contributed by atoms with E-state index in [4.69, 9.17) is 0 Å². The summed E-state index contributed by atoms with van der Waals surface area (Å²) in [6, 6.07) is 8.62. The summed E-state index contributed by atoms with van der Waals surface area (Å²) >= 11 is 0. The first-order valence-corrected chi connectivity index (χ1v) is 7.07. The van der Waals surface area contributed by atoms with Gasteiger partial charge < -0.3 is 5.32 Å². The number of fused-ring (bicyclic) bond motifs is 1. The number of carbonyl (C=O) groups is 3. The summed E-state index contributed by atoms with van der Waals surface area (Å²) in [5.41, 5.74) is -0.646. The van der Waals surface area contributed by atoms with E-state index in [9.17, 15) is 28.9 Å². The van der Waals surface area contributed by atoms with Crippen LogP contribution in [0.15, 0.2) is 42.5 Å². The number of nitrogens with one attached hydrogen (secondary N) is 1. The predicted molar refractivity (Wildman–Crippen MR) is 83.5 cm³/mol. The molecule has 0 saturated carbocycles. The Bertz CT molecular complexity index is 910. The van der Waals surface area contributed by atoms with Crippen molar-refractivity contribution in [1.82, 2.24) is 4.90 Å². The molecule has 126 valence electrons. The second-order valence-electron chi connectivity index (χ2n) is 5.21. The smallest absolute Gasteiger partial charge is 0.282 e. The molecular formula is C16H10FN3O5. The number of amides is 3. The van der Waals surface area contributed by atoms with Gasteiger partial charge in [0.15, 0.2) is 0 Å². The fraction of sp³-hybridized carbons (Fsp3) is 0.0625. The summed E-state index contributed by atoms with van der Waals surface area (Å²) < 4.78 is 12.8. The first kappa shape index (κ1) is 16.2. The van der Waals surface area contributed by atoms with Gasteiger partial charge in [0.25, 0.3) is 17.5 Å². The lowest BCUT2D eigenvalue weighted by Gasteiger charge is -2.13. The molecule has 0 fully saturated rings. The highest BCUT2D eigenvalue weighted by molar-refractivity contribution is 6.24. The van der Waals surface area contributed by atoms with Crippen LogP contribution in [0.3, 0.4) is 0 Å². The second-order valence-corrected chi connectivity index (χ2v) is 5.21. The molecule has 1 heterocycles. The third kappa shape index (κ3) is 2.94. The summed E-state index contributed by atoms with van der Waals surface area (Å²) in [5.74, 6) is -2.85. The summed E-state index contributed by atoms with van der Waals surface area (Å²) in [5, 5.41) is 13.4. The van der Waals surface area contributed by atoms with Crippen molar-refractivity contribution >= 4 is 29.1 Å². The molecule has 2 aromatic rings. The van der Waals surface area contributed by atoms with Gasteiger partial charge in [0.1, 0.15) is 17.9 Å². The van der Waals surface area contributed by atoms with Crippen LogP contribution in [0.2, 0.25) is 0 Å². The molecule has 25 heavy (non-hydrogen) atoms. The van der Waals surface area contributed by atoms with Crippen LogP contribution in [0, 0.1) is 15.9 Å². The molecule has 0 unspecified atom stereocenters. The molecule has 0 aromatic heterocycles. The van der Waals surface area contributed by atoms with Crippen LogP contribution in [0.25, 0.3) is 0 Å². The van der Waals surface area contributed by atoms with Gasteiger partial charge >= 0.3 is 0 Å². The van der Waals surface area contributed by atoms with Gasteiger partial charge in [-0.15, -0.1) is 0 Å². The minimum absolute atomic E-state index is 0.117. The van der Waals surface area contributed by atoms with Gasteiger partial charge in [-0.1, -0.05) is 6.07 Å². The van der Waals surface area contributed by atoms with Crippen LogP contribution in [-0.2, 0) is 4.79 Å². The molecule has 1 N–H and O–H groups in total. The minimum atomic E-state index is -0.901. The Labute approximate surface area is 140 Å². The zero-order chi connectivity index (χ0) is 18.1. The minimum Gasteiger partial charge on any atom is -0.325 e. The van der Waals surface area contributed by atoms with Gasteiger partial charge in [-0.2, -0.15) is 0 Å². The summed E-state index contributed by atoms with van der Waals surface area (Å²) in [7, 11) is 0. The molecule has 3 rings (SSSR count). The average Bonchev–Trinajstić information content (AvgIpc) is 2.82. The molecule has 1 aliphatic heterocycles. The Morgan fingerprint density at radius 1 is 1.12 bits per heavy atom. The average molecular weight is 343 g/mol. The van der Waals surface area contributed by atoms with E-state index in [1.807, 2.05) is 0 Å². The molecule has 0 bridgehead atoms. The van der Waals surface area contributed by atoms with Gasteiger partial charge in [0, 0.05) is 11.8 Å². The number of nitrogens with zero attached hydrogens (tertiary/aromatic N) is 2. The second kappa shape index (κ2) is 6.11. The maximum Gasteiger partial charge on any atom is 0.282 e. The van der Waals surface area contributed by atoms with Gasteiger partial charge in [-0.25, -0.2) is 4.39 Å². The molecule has 3 amide bonds. The largest absolute Gasteiger partial charge is 0.325 e. The third-order valence-electron chi connectivity index (χ3n) is 3.60. The van der Waals surface area contributed by atoms with E-state index in [-0.39, 0.29) is 16.8 Å². The van der Waals surface area contributed by atoms with Crippen LogP contribution < -0.4 is 5.32 Å². The van der Waals surface area contributed by atoms with E-state index >= 15 is 0 Å². The molecule has 0 radical (unpaired) electrons. The van der Waals surface area contributed by atoms with Crippen molar-refractivity contribution in [2.24, 2.45) is 0 Å². The van der Waals surface area contributed by atoms with Gasteiger partial charge in [0.05, 0.1) is 10.5 Å². The number of imide groups is 1. The van der Waals surface area contributed by atoms with Crippen molar-refractivity contribution in [3.05, 3.63) is 69.5 Å². The van der Waals surface area contributed by atoms with Crippen molar-refractivity contribution < 1.29 is 23.7 Å². The van der Waals surface area contributed by atoms with Crippen LogP contribution in [0.4, 0.5) is 15.8 Å². The number of anilines is 1. The van der Waals surface area contributed by atoms with E-state index in [2.05, 4.69) is 5.32 Å². The zero-order valence-corrected chi connectivity index (χ0v) is 12.6. The lowest BCUT2D eigenvalue weighted by atomic mass is 10.1. The lowest BCUT2D eigenvalue weighted by molar-refractivity contribution is -0.385. The van der Waals surface area contributed by atoms with Crippen molar-refractivity contribution in [3.63, 3.8) is 0 Å². The highest BCUT2D eigenvalue weighted by Gasteiger charge is 2.41. The highest BCUT2D eigenvalue weighted by Crippen LogP contribution is 2.30. The monoisotopic (exact) mass is 343 g/mol. The zero-order valence-electron chi connectivity index (χ0n) is 12.6. The van der Waals surface area contributed by atoms with Gasteiger partial charge in [-0.05, 0) is 30.3 Å². The molecule has 1 aliphatic rings. The predicted octanol–water partition coefficient (Wildman–Crippen LogP) is 1.97. The van der Waals surface area contributed by atoms with E-state index < -0.39 is 40.7 Å². The Balaban J connectivity index is 1.80. The summed E-state index contributed by atoms with van der Waals surface area (Å²) in [6.45, 7) is -0.610. The summed E-state index contributed by atoms with van der Waals surface area (Å²) in [6.07, 6.45) is 0. The van der Waals surface area contributed by atoms with E-state index in [1.165, 1.54) is 24.3 Å². The Kier molecular flexibility index (Phi) is 3.97. The molecule has 0 aliphatic carbocycles. The van der Waals surface area contributed by atoms with Gasteiger partial charge in [-0.3, -0.25) is 29.4 Å². The fourth-order valence-electron chi connectivity index (χ4n) is 2.49. The van der Waals surface area contributed by atoms with E-state index in [1.54, 1.807) is 0 Å². The summed E-state index contributed by atoms with van der Waals surface area (Å²) in [4.78, 5) is 47.5. The Morgan fingerprint density at radius 2 is 1.80 bits per heavy atom. The van der Waals surface area contributed by atoms with Crippen LogP contribution in [-0.4, -0.2) is 34.1 Å². The number of hydrogen-bond acceptors (Lipinski definition) is 5. The molecule has 8 nitrogen and oxygen atoms in total. The molecule has 0 saturated heterocycles. The molecule has 0 spiro atoms. The van der Waals surface area contributed by atoms with Crippen molar-refractivity contribution in [2.45, 2.75) is 0 Å². The number of carbonyl (C=O) groups excluding carboxylic acids is 3. The number of nitro groups is 1.